The van der Waals surface area contributed by atoms with Crippen LogP contribution in [0.3, 0.4) is 0 Å². The molecule has 0 aliphatic heterocycles. The lowest BCUT2D eigenvalue weighted by atomic mass is 10.3. The van der Waals surface area contributed by atoms with E-state index in [0.29, 0.717) is 13.0 Å². The summed E-state index contributed by atoms with van der Waals surface area (Å²) in [5, 5.41) is 0. The van der Waals surface area contributed by atoms with Gasteiger partial charge in [-0.2, -0.15) is 13.2 Å². The molecule has 15 heavy (non-hydrogen) atoms. The fourth-order valence-electron chi connectivity index (χ4n) is 0.957. The van der Waals surface area contributed by atoms with Crippen LogP contribution < -0.4 is 10.5 Å². The second-order valence-corrected chi connectivity index (χ2v) is 2.93. The van der Waals surface area contributed by atoms with Gasteiger partial charge in [0.15, 0.2) is 6.61 Å². The third-order valence-corrected chi connectivity index (χ3v) is 1.60. The quantitative estimate of drug-likeness (QED) is 0.836. The maximum Gasteiger partial charge on any atom is 0.422 e. The van der Waals surface area contributed by atoms with Crippen molar-refractivity contribution in [3.8, 4) is 5.75 Å². The van der Waals surface area contributed by atoms with Crippen LogP contribution in [0.2, 0.25) is 0 Å². The molecular weight excluding hydrogens is 209 g/mol. The van der Waals surface area contributed by atoms with Gasteiger partial charge in [-0.25, -0.2) is 0 Å². The Bertz CT molecular complexity index is 297. The van der Waals surface area contributed by atoms with E-state index in [-0.39, 0.29) is 5.75 Å². The van der Waals surface area contributed by atoms with Crippen LogP contribution in [0.4, 0.5) is 13.2 Å². The van der Waals surface area contributed by atoms with Crippen LogP contribution >= 0.6 is 0 Å². The summed E-state index contributed by atoms with van der Waals surface area (Å²) in [5.74, 6) is 0.105. The maximum absolute atomic E-state index is 11.8. The van der Waals surface area contributed by atoms with Gasteiger partial charge in [0.05, 0.1) is 6.20 Å². The van der Waals surface area contributed by atoms with Crippen molar-refractivity contribution in [3.63, 3.8) is 0 Å². The molecule has 0 radical (unpaired) electrons. The molecule has 0 fully saturated rings. The first-order valence-corrected chi connectivity index (χ1v) is 4.36. The van der Waals surface area contributed by atoms with Gasteiger partial charge >= 0.3 is 6.18 Å². The molecule has 1 aromatic heterocycles. The average Bonchev–Trinajstić information content (AvgIpc) is 2.16. The van der Waals surface area contributed by atoms with Crippen molar-refractivity contribution in [1.29, 1.82) is 0 Å². The Morgan fingerprint density at radius 1 is 1.33 bits per heavy atom. The Morgan fingerprint density at radius 2 is 2.07 bits per heavy atom. The topological polar surface area (TPSA) is 48.1 Å². The molecule has 0 bridgehead atoms. The summed E-state index contributed by atoms with van der Waals surface area (Å²) in [6.07, 6.45) is -2.47. The lowest BCUT2D eigenvalue weighted by molar-refractivity contribution is -0.153. The first-order valence-electron chi connectivity index (χ1n) is 4.36. The van der Waals surface area contributed by atoms with E-state index in [4.69, 9.17) is 5.73 Å². The van der Waals surface area contributed by atoms with Crippen molar-refractivity contribution in [2.24, 2.45) is 5.73 Å². The predicted octanol–water partition coefficient (Wildman–Crippen LogP) is 1.52. The summed E-state index contributed by atoms with van der Waals surface area (Å²) in [4.78, 5) is 3.90. The second kappa shape index (κ2) is 4.97. The van der Waals surface area contributed by atoms with Crippen LogP contribution in [0.15, 0.2) is 18.3 Å². The zero-order valence-corrected chi connectivity index (χ0v) is 7.92. The molecule has 6 heteroatoms. The number of hydrogen-bond donors (Lipinski definition) is 1. The molecule has 0 saturated heterocycles. The fraction of sp³-hybridized carbons (Fsp3) is 0.444. The van der Waals surface area contributed by atoms with Gasteiger partial charge in [0.1, 0.15) is 5.75 Å². The third-order valence-electron chi connectivity index (χ3n) is 1.60. The van der Waals surface area contributed by atoms with E-state index in [1.807, 2.05) is 0 Å². The summed E-state index contributed by atoms with van der Waals surface area (Å²) in [5.41, 5.74) is 6.03. The first kappa shape index (κ1) is 11.8. The Balaban J connectivity index is 2.50. The number of nitrogens with two attached hydrogens (primary N) is 1. The van der Waals surface area contributed by atoms with Crippen LogP contribution in [-0.4, -0.2) is 24.3 Å². The van der Waals surface area contributed by atoms with E-state index in [2.05, 4.69) is 9.72 Å². The Morgan fingerprint density at radius 3 is 2.53 bits per heavy atom. The highest BCUT2D eigenvalue weighted by molar-refractivity contribution is 5.20. The van der Waals surface area contributed by atoms with Crippen molar-refractivity contribution in [3.05, 3.63) is 24.0 Å². The van der Waals surface area contributed by atoms with Gasteiger partial charge in [0.25, 0.3) is 0 Å². The molecule has 0 aliphatic rings. The SMILES string of the molecule is NCCc1ccc(OCC(F)(F)F)cn1. The summed E-state index contributed by atoms with van der Waals surface area (Å²) in [7, 11) is 0. The van der Waals surface area contributed by atoms with Crippen LogP contribution in [0.5, 0.6) is 5.75 Å². The largest absolute Gasteiger partial charge is 0.483 e. The number of nitrogens with zero attached hydrogens (tertiary/aromatic N) is 1. The molecule has 0 atom stereocenters. The summed E-state index contributed by atoms with van der Waals surface area (Å²) in [6, 6.07) is 3.04. The molecule has 0 unspecified atom stereocenters. The van der Waals surface area contributed by atoms with Crippen molar-refractivity contribution in [2.75, 3.05) is 13.2 Å². The summed E-state index contributed by atoms with van der Waals surface area (Å²) in [6.45, 7) is -0.847. The molecule has 1 rings (SSSR count). The highest BCUT2D eigenvalue weighted by Gasteiger charge is 2.28. The summed E-state index contributed by atoms with van der Waals surface area (Å²) < 4.78 is 39.8. The zero-order valence-electron chi connectivity index (χ0n) is 7.92. The van der Waals surface area contributed by atoms with E-state index < -0.39 is 12.8 Å². The molecule has 1 heterocycles. The average molecular weight is 220 g/mol. The minimum atomic E-state index is -4.32. The molecule has 3 nitrogen and oxygen atoms in total. The van der Waals surface area contributed by atoms with E-state index in [1.165, 1.54) is 12.3 Å². The lowest BCUT2D eigenvalue weighted by Crippen LogP contribution is -2.19. The smallest absolute Gasteiger partial charge is 0.422 e. The third kappa shape index (κ3) is 4.64. The maximum atomic E-state index is 11.8. The lowest BCUT2D eigenvalue weighted by Gasteiger charge is -2.08. The van der Waals surface area contributed by atoms with Crippen molar-refractivity contribution in [1.82, 2.24) is 4.98 Å². The van der Waals surface area contributed by atoms with Crippen LogP contribution in [0, 0.1) is 0 Å². The summed E-state index contributed by atoms with van der Waals surface area (Å²) >= 11 is 0. The van der Waals surface area contributed by atoms with E-state index in [0.717, 1.165) is 5.69 Å². The number of ether oxygens (including phenoxy) is 1. The fourth-order valence-corrected chi connectivity index (χ4v) is 0.957. The zero-order chi connectivity index (χ0) is 11.3. The number of aromatic nitrogens is 1. The van der Waals surface area contributed by atoms with Crippen molar-refractivity contribution >= 4 is 0 Å². The highest BCUT2D eigenvalue weighted by Crippen LogP contribution is 2.17. The number of halogens is 3. The molecule has 0 aliphatic carbocycles. The molecule has 2 N–H and O–H groups in total. The molecule has 0 spiro atoms. The van der Waals surface area contributed by atoms with Gasteiger partial charge in [0.2, 0.25) is 0 Å². The predicted molar refractivity (Wildman–Crippen MR) is 48.5 cm³/mol. The minimum Gasteiger partial charge on any atom is -0.483 e. The number of rotatable bonds is 4. The van der Waals surface area contributed by atoms with Gasteiger partial charge < -0.3 is 10.5 Å². The molecule has 1 aromatic rings. The normalized spacial score (nSPS) is 11.5. The van der Waals surface area contributed by atoms with E-state index >= 15 is 0 Å². The molecular formula is C9H11F3N2O. The van der Waals surface area contributed by atoms with E-state index in [9.17, 15) is 13.2 Å². The van der Waals surface area contributed by atoms with Crippen LogP contribution in [0.1, 0.15) is 5.69 Å². The van der Waals surface area contributed by atoms with Crippen molar-refractivity contribution < 1.29 is 17.9 Å². The minimum absolute atomic E-state index is 0.105. The second-order valence-electron chi connectivity index (χ2n) is 2.93. The number of alkyl halides is 3. The molecule has 84 valence electrons. The first-order chi connectivity index (χ1) is 7.01. The standard InChI is InChI=1S/C9H11F3N2O/c10-9(11,12)6-15-8-2-1-7(3-4-13)14-5-8/h1-2,5H,3-4,6,13H2. The van der Waals surface area contributed by atoms with Gasteiger partial charge in [-0.05, 0) is 18.7 Å². The monoisotopic (exact) mass is 220 g/mol. The van der Waals surface area contributed by atoms with Gasteiger partial charge in [-0.1, -0.05) is 0 Å². The molecule has 0 aromatic carbocycles. The van der Waals surface area contributed by atoms with Gasteiger partial charge in [-0.15, -0.1) is 0 Å². The van der Waals surface area contributed by atoms with E-state index in [1.54, 1.807) is 6.07 Å². The van der Waals surface area contributed by atoms with Gasteiger partial charge in [0, 0.05) is 12.1 Å². The van der Waals surface area contributed by atoms with Gasteiger partial charge in [-0.3, -0.25) is 4.98 Å². The Kier molecular flexibility index (Phi) is 3.90. The number of hydrogen-bond acceptors (Lipinski definition) is 3. The molecule has 0 saturated carbocycles. The highest BCUT2D eigenvalue weighted by atomic mass is 19.4. The Labute approximate surface area is 85.1 Å². The van der Waals surface area contributed by atoms with Crippen LogP contribution in [-0.2, 0) is 6.42 Å². The number of pyridine rings is 1. The molecule has 0 amide bonds. The van der Waals surface area contributed by atoms with Crippen LogP contribution in [0.25, 0.3) is 0 Å². The Hall–Kier alpha value is -1.30. The van der Waals surface area contributed by atoms with Crippen molar-refractivity contribution in [2.45, 2.75) is 12.6 Å².